The first kappa shape index (κ1) is 13.4. The molecule has 1 aliphatic rings. The van der Waals surface area contributed by atoms with Gasteiger partial charge in [-0.25, -0.2) is 0 Å². The maximum Gasteiger partial charge on any atom is 0.146 e. The Hall–Kier alpha value is -1.06. The van der Waals surface area contributed by atoms with Crippen LogP contribution in [0.2, 0.25) is 0 Å². The fourth-order valence-corrected chi connectivity index (χ4v) is 2.48. The van der Waals surface area contributed by atoms with Gasteiger partial charge in [-0.2, -0.15) is 0 Å². The summed E-state index contributed by atoms with van der Waals surface area (Å²) in [5, 5.41) is 13.9. The Morgan fingerprint density at radius 1 is 1.33 bits per heavy atom. The van der Waals surface area contributed by atoms with E-state index in [1.807, 2.05) is 13.0 Å². The lowest BCUT2D eigenvalue weighted by atomic mass is 9.83. The molecule has 3 nitrogen and oxygen atoms in total. The number of nitrogens with one attached hydrogen (secondary N) is 1. The van der Waals surface area contributed by atoms with Crippen LogP contribution in [-0.4, -0.2) is 18.3 Å². The number of hydrogen-bond acceptors (Lipinski definition) is 3. The van der Waals surface area contributed by atoms with E-state index in [0.29, 0.717) is 12.4 Å². The zero-order valence-electron chi connectivity index (χ0n) is 11.9. The van der Waals surface area contributed by atoms with Crippen molar-refractivity contribution < 1.29 is 9.84 Å². The highest BCUT2D eigenvalue weighted by Gasteiger charge is 2.35. The summed E-state index contributed by atoms with van der Waals surface area (Å²) in [4.78, 5) is 0. The van der Waals surface area contributed by atoms with E-state index in [1.54, 1.807) is 0 Å². The summed E-state index contributed by atoms with van der Waals surface area (Å²) in [5.41, 5.74) is 2.29. The smallest absolute Gasteiger partial charge is 0.146 e. The van der Waals surface area contributed by atoms with Crippen molar-refractivity contribution in [3.63, 3.8) is 0 Å². The average Bonchev–Trinajstić information content (AvgIpc) is 2.67. The normalized spacial score (nSPS) is 24.5. The second kappa shape index (κ2) is 4.25. The Morgan fingerprint density at radius 3 is 2.50 bits per heavy atom. The molecule has 1 heterocycles. The molecular formula is C15H23NO2. The van der Waals surface area contributed by atoms with Crippen LogP contribution in [0.1, 0.15) is 44.4 Å². The number of hydrogen-bond donors (Lipinski definition) is 2. The first-order valence-corrected chi connectivity index (χ1v) is 6.47. The van der Waals surface area contributed by atoms with Crippen molar-refractivity contribution in [1.82, 2.24) is 5.32 Å². The van der Waals surface area contributed by atoms with Crippen LogP contribution in [0.15, 0.2) is 12.1 Å². The summed E-state index contributed by atoms with van der Waals surface area (Å²) in [7, 11) is 0. The van der Waals surface area contributed by atoms with Gasteiger partial charge in [0.15, 0.2) is 0 Å². The van der Waals surface area contributed by atoms with Crippen molar-refractivity contribution in [2.24, 2.45) is 0 Å². The molecular weight excluding hydrogens is 226 g/mol. The van der Waals surface area contributed by atoms with Gasteiger partial charge in [-0.05, 0) is 30.9 Å². The van der Waals surface area contributed by atoms with Gasteiger partial charge in [-0.1, -0.05) is 32.4 Å². The van der Waals surface area contributed by atoms with Crippen LogP contribution < -0.4 is 5.32 Å². The van der Waals surface area contributed by atoms with Gasteiger partial charge in [-0.3, -0.25) is 5.32 Å². The number of ether oxygens (including phenoxy) is 1. The Kier molecular flexibility index (Phi) is 3.16. The Labute approximate surface area is 109 Å². The fraction of sp³-hybridized carbons (Fsp3) is 0.600. The zero-order chi connectivity index (χ0) is 13.6. The molecule has 0 spiro atoms. The number of benzene rings is 1. The molecule has 100 valence electrons. The van der Waals surface area contributed by atoms with Gasteiger partial charge in [0.1, 0.15) is 11.5 Å². The highest BCUT2D eigenvalue weighted by Crippen LogP contribution is 2.40. The minimum atomic E-state index is -0.573. The van der Waals surface area contributed by atoms with Gasteiger partial charge < -0.3 is 9.84 Å². The first-order valence-electron chi connectivity index (χ1n) is 6.47. The van der Waals surface area contributed by atoms with Crippen molar-refractivity contribution in [1.29, 1.82) is 0 Å². The van der Waals surface area contributed by atoms with Gasteiger partial charge in [-0.15, -0.1) is 0 Å². The van der Waals surface area contributed by atoms with Crippen molar-refractivity contribution in [2.45, 2.75) is 45.8 Å². The van der Waals surface area contributed by atoms with E-state index < -0.39 is 5.72 Å². The molecule has 1 unspecified atom stereocenters. The Balaban J connectivity index is 2.58. The molecule has 3 heteroatoms. The average molecular weight is 249 g/mol. The van der Waals surface area contributed by atoms with Crippen LogP contribution in [-0.2, 0) is 15.9 Å². The molecule has 0 radical (unpaired) electrons. The molecule has 2 N–H and O–H groups in total. The lowest BCUT2D eigenvalue weighted by Crippen LogP contribution is -2.35. The van der Waals surface area contributed by atoms with E-state index in [-0.39, 0.29) is 5.41 Å². The van der Waals surface area contributed by atoms with Crippen molar-refractivity contribution in [2.75, 3.05) is 13.2 Å². The molecule has 0 amide bonds. The summed E-state index contributed by atoms with van der Waals surface area (Å²) < 4.78 is 5.76. The molecule has 0 bridgehead atoms. The number of aromatic hydroxyl groups is 1. The number of aryl methyl sites for hydroxylation is 1. The number of rotatable bonds is 1. The molecule has 0 saturated carbocycles. The minimum absolute atomic E-state index is 0.0835. The lowest BCUT2D eigenvalue weighted by molar-refractivity contribution is 0.000506. The van der Waals surface area contributed by atoms with E-state index in [1.165, 1.54) is 0 Å². The van der Waals surface area contributed by atoms with E-state index in [9.17, 15) is 5.11 Å². The molecule has 1 saturated heterocycles. The van der Waals surface area contributed by atoms with Gasteiger partial charge in [0.05, 0.1) is 6.61 Å². The largest absolute Gasteiger partial charge is 0.507 e. The molecule has 18 heavy (non-hydrogen) atoms. The summed E-state index contributed by atoms with van der Waals surface area (Å²) in [5.74, 6) is 0.352. The standard InChI is InChI=1S/C15H23NO2/c1-10-8-11(14(2,3)4)13(17)12(9-10)15(5)16-6-7-18-15/h8-9,16-17H,6-7H2,1-5H3. The fourth-order valence-electron chi connectivity index (χ4n) is 2.48. The molecule has 1 aromatic carbocycles. The van der Waals surface area contributed by atoms with Crippen molar-refractivity contribution in [3.8, 4) is 5.75 Å². The van der Waals surface area contributed by atoms with Crippen molar-refractivity contribution in [3.05, 3.63) is 28.8 Å². The minimum Gasteiger partial charge on any atom is -0.507 e. The number of phenolic OH excluding ortho intramolecular Hbond substituents is 1. The third-order valence-corrected chi connectivity index (χ3v) is 3.53. The van der Waals surface area contributed by atoms with Gasteiger partial charge in [0.2, 0.25) is 0 Å². The number of phenols is 1. The van der Waals surface area contributed by atoms with Crippen LogP contribution in [0.5, 0.6) is 5.75 Å². The lowest BCUT2D eigenvalue weighted by Gasteiger charge is -2.29. The monoisotopic (exact) mass is 249 g/mol. The molecule has 1 fully saturated rings. The van der Waals surface area contributed by atoms with Crippen molar-refractivity contribution >= 4 is 0 Å². The van der Waals surface area contributed by atoms with E-state index in [4.69, 9.17) is 4.74 Å². The van der Waals surface area contributed by atoms with Crippen LogP contribution >= 0.6 is 0 Å². The van der Waals surface area contributed by atoms with E-state index in [0.717, 1.165) is 23.2 Å². The Morgan fingerprint density at radius 2 is 2.00 bits per heavy atom. The second-order valence-electron chi connectivity index (χ2n) is 6.27. The molecule has 1 aliphatic heterocycles. The van der Waals surface area contributed by atoms with Gasteiger partial charge in [0.25, 0.3) is 0 Å². The Bertz CT molecular complexity index is 454. The maximum absolute atomic E-state index is 10.6. The quantitative estimate of drug-likeness (QED) is 0.804. The van der Waals surface area contributed by atoms with Gasteiger partial charge >= 0.3 is 0 Å². The molecule has 1 atom stereocenters. The molecule has 0 aliphatic carbocycles. The van der Waals surface area contributed by atoms with Crippen LogP contribution in [0.3, 0.4) is 0 Å². The van der Waals surface area contributed by atoms with Crippen LogP contribution in [0.25, 0.3) is 0 Å². The highest BCUT2D eigenvalue weighted by atomic mass is 16.5. The van der Waals surface area contributed by atoms with Crippen LogP contribution in [0, 0.1) is 6.92 Å². The summed E-state index contributed by atoms with van der Waals surface area (Å²) in [6, 6.07) is 4.06. The third-order valence-electron chi connectivity index (χ3n) is 3.53. The topological polar surface area (TPSA) is 41.5 Å². The SMILES string of the molecule is Cc1cc(C(C)(C)C)c(O)c(C2(C)NCCO2)c1. The predicted octanol–water partition coefficient (Wildman–Crippen LogP) is 2.79. The molecule has 2 rings (SSSR count). The first-order chi connectivity index (χ1) is 8.24. The second-order valence-corrected chi connectivity index (χ2v) is 6.27. The molecule has 0 aromatic heterocycles. The molecule has 1 aromatic rings. The van der Waals surface area contributed by atoms with Gasteiger partial charge in [0, 0.05) is 12.1 Å². The third kappa shape index (κ3) is 2.25. The summed E-state index contributed by atoms with van der Waals surface area (Å²) in [6.45, 7) is 11.8. The maximum atomic E-state index is 10.6. The summed E-state index contributed by atoms with van der Waals surface area (Å²) >= 11 is 0. The van der Waals surface area contributed by atoms with Crippen LogP contribution in [0.4, 0.5) is 0 Å². The van der Waals surface area contributed by atoms with E-state index in [2.05, 4.69) is 39.1 Å². The highest BCUT2D eigenvalue weighted by molar-refractivity contribution is 5.49. The van der Waals surface area contributed by atoms with E-state index >= 15 is 0 Å². The zero-order valence-corrected chi connectivity index (χ0v) is 11.9. The predicted molar refractivity (Wildman–Crippen MR) is 72.9 cm³/mol. The summed E-state index contributed by atoms with van der Waals surface area (Å²) in [6.07, 6.45) is 0.